The average molecular weight is 300 g/mol. The summed E-state index contributed by atoms with van der Waals surface area (Å²) in [6, 6.07) is 11.9. The van der Waals surface area contributed by atoms with E-state index < -0.39 is 0 Å². The Bertz CT molecular complexity index is 805. The van der Waals surface area contributed by atoms with Crippen LogP contribution in [-0.4, -0.2) is 9.55 Å². The minimum atomic E-state index is 0.725. The number of aromatic nitrogens is 2. The zero-order valence-electron chi connectivity index (χ0n) is 12.2. The van der Waals surface area contributed by atoms with Crippen molar-refractivity contribution in [2.45, 2.75) is 26.8 Å². The summed E-state index contributed by atoms with van der Waals surface area (Å²) < 4.78 is 2.20. The van der Waals surface area contributed by atoms with Crippen LogP contribution in [0.4, 0.5) is 5.69 Å². The van der Waals surface area contributed by atoms with Crippen molar-refractivity contribution in [1.29, 1.82) is 0 Å². The van der Waals surface area contributed by atoms with Crippen LogP contribution in [-0.2, 0) is 6.54 Å². The lowest BCUT2D eigenvalue weighted by Gasteiger charge is -2.11. The Morgan fingerprint density at radius 2 is 2.05 bits per heavy atom. The maximum atomic E-state index is 6.25. The molecule has 3 rings (SSSR count). The third-order valence-electron chi connectivity index (χ3n) is 3.72. The Hall–Kier alpha value is -2.00. The number of nitrogens with two attached hydrogens (primary N) is 1. The number of fused-ring (bicyclic) bond motifs is 1. The Labute approximate surface area is 129 Å². The number of anilines is 1. The summed E-state index contributed by atoms with van der Waals surface area (Å²) in [5.41, 5.74) is 11.1. The lowest BCUT2D eigenvalue weighted by Crippen LogP contribution is -2.02. The number of nitrogens with zero attached hydrogens (tertiary/aromatic N) is 2. The molecule has 21 heavy (non-hydrogen) atoms. The van der Waals surface area contributed by atoms with E-state index in [1.54, 1.807) is 0 Å². The molecular weight excluding hydrogens is 282 g/mol. The Kier molecular flexibility index (Phi) is 3.60. The highest BCUT2D eigenvalue weighted by atomic mass is 35.5. The fourth-order valence-corrected chi connectivity index (χ4v) is 2.79. The van der Waals surface area contributed by atoms with Crippen molar-refractivity contribution in [2.24, 2.45) is 0 Å². The summed E-state index contributed by atoms with van der Waals surface area (Å²) in [7, 11) is 0. The molecule has 0 spiro atoms. The van der Waals surface area contributed by atoms with Crippen molar-refractivity contribution in [3.05, 3.63) is 47.0 Å². The van der Waals surface area contributed by atoms with E-state index in [-0.39, 0.29) is 0 Å². The van der Waals surface area contributed by atoms with E-state index in [9.17, 15) is 0 Å². The molecule has 0 bridgehead atoms. The molecular formula is C17H18ClN3. The van der Waals surface area contributed by atoms with E-state index in [1.807, 2.05) is 43.3 Å². The molecule has 0 aliphatic heterocycles. The van der Waals surface area contributed by atoms with Crippen molar-refractivity contribution in [3.8, 4) is 11.4 Å². The van der Waals surface area contributed by atoms with Gasteiger partial charge in [-0.15, -0.1) is 0 Å². The predicted octanol–water partition coefficient (Wildman–Crippen LogP) is 4.66. The van der Waals surface area contributed by atoms with Gasteiger partial charge in [0.15, 0.2) is 0 Å². The molecule has 0 saturated heterocycles. The van der Waals surface area contributed by atoms with E-state index in [1.165, 1.54) is 0 Å². The van der Waals surface area contributed by atoms with E-state index in [2.05, 4.69) is 11.5 Å². The largest absolute Gasteiger partial charge is 0.398 e. The number of imidazole rings is 1. The molecule has 0 atom stereocenters. The van der Waals surface area contributed by atoms with Gasteiger partial charge in [-0.2, -0.15) is 0 Å². The number of para-hydroxylation sites is 1. The molecule has 0 radical (unpaired) electrons. The summed E-state index contributed by atoms with van der Waals surface area (Å²) in [4.78, 5) is 4.77. The van der Waals surface area contributed by atoms with Crippen molar-refractivity contribution in [3.63, 3.8) is 0 Å². The van der Waals surface area contributed by atoms with E-state index in [0.29, 0.717) is 0 Å². The summed E-state index contributed by atoms with van der Waals surface area (Å²) in [6.45, 7) is 5.06. The van der Waals surface area contributed by atoms with Gasteiger partial charge in [0.25, 0.3) is 0 Å². The lowest BCUT2D eigenvalue weighted by atomic mass is 10.1. The van der Waals surface area contributed by atoms with Crippen molar-refractivity contribution in [1.82, 2.24) is 9.55 Å². The minimum Gasteiger partial charge on any atom is -0.398 e. The van der Waals surface area contributed by atoms with Crippen LogP contribution in [0.3, 0.4) is 0 Å². The SMILES string of the molecule is CCCn1c(-c2cccc(C)c2N)nc2ccc(Cl)cc21. The van der Waals surface area contributed by atoms with Crippen molar-refractivity contribution < 1.29 is 0 Å². The first kappa shape index (κ1) is 14.0. The molecule has 1 heterocycles. The Balaban J connectivity index is 2.31. The number of rotatable bonds is 3. The third kappa shape index (κ3) is 2.38. The number of aryl methyl sites for hydroxylation is 2. The van der Waals surface area contributed by atoms with Crippen LogP contribution < -0.4 is 5.73 Å². The topological polar surface area (TPSA) is 43.8 Å². The fraction of sp³-hybridized carbons (Fsp3) is 0.235. The van der Waals surface area contributed by atoms with Crippen molar-refractivity contribution >= 4 is 28.3 Å². The zero-order valence-corrected chi connectivity index (χ0v) is 13.0. The van der Waals surface area contributed by atoms with E-state index in [4.69, 9.17) is 22.3 Å². The van der Waals surface area contributed by atoms with Crippen LogP contribution in [0.25, 0.3) is 22.4 Å². The van der Waals surface area contributed by atoms with Gasteiger partial charge in [-0.05, 0) is 43.2 Å². The number of hydrogen-bond donors (Lipinski definition) is 1. The third-order valence-corrected chi connectivity index (χ3v) is 3.96. The van der Waals surface area contributed by atoms with Crippen LogP contribution in [0, 0.1) is 6.92 Å². The maximum absolute atomic E-state index is 6.25. The first-order valence-electron chi connectivity index (χ1n) is 7.13. The molecule has 3 aromatic rings. The summed E-state index contributed by atoms with van der Waals surface area (Å²) in [5, 5.41) is 0.725. The number of benzene rings is 2. The number of halogens is 1. The van der Waals surface area contributed by atoms with E-state index >= 15 is 0 Å². The quantitative estimate of drug-likeness (QED) is 0.715. The first-order chi connectivity index (χ1) is 10.1. The van der Waals surface area contributed by atoms with Gasteiger partial charge < -0.3 is 10.3 Å². The van der Waals surface area contributed by atoms with Crippen LogP contribution in [0.5, 0.6) is 0 Å². The van der Waals surface area contributed by atoms with Gasteiger partial charge in [0, 0.05) is 22.8 Å². The summed E-state index contributed by atoms with van der Waals surface area (Å²) in [6.07, 6.45) is 1.02. The molecule has 108 valence electrons. The Morgan fingerprint density at radius 3 is 2.81 bits per heavy atom. The first-order valence-corrected chi connectivity index (χ1v) is 7.51. The normalized spacial score (nSPS) is 11.2. The molecule has 0 saturated carbocycles. The van der Waals surface area contributed by atoms with E-state index in [0.717, 1.165) is 51.7 Å². The maximum Gasteiger partial charge on any atom is 0.143 e. The molecule has 2 aromatic carbocycles. The molecule has 3 nitrogen and oxygen atoms in total. The second kappa shape index (κ2) is 5.41. The molecule has 0 aliphatic carbocycles. The van der Waals surface area contributed by atoms with Crippen molar-refractivity contribution in [2.75, 3.05) is 5.73 Å². The highest BCUT2D eigenvalue weighted by molar-refractivity contribution is 6.31. The van der Waals surface area contributed by atoms with Gasteiger partial charge in [-0.3, -0.25) is 0 Å². The Morgan fingerprint density at radius 1 is 1.24 bits per heavy atom. The van der Waals surface area contributed by atoms with Gasteiger partial charge in [-0.1, -0.05) is 30.7 Å². The second-order valence-electron chi connectivity index (χ2n) is 5.26. The molecule has 1 aromatic heterocycles. The summed E-state index contributed by atoms with van der Waals surface area (Å²) in [5.74, 6) is 0.912. The molecule has 0 aliphatic rings. The second-order valence-corrected chi connectivity index (χ2v) is 5.69. The van der Waals surface area contributed by atoms with Crippen LogP contribution in [0.15, 0.2) is 36.4 Å². The monoisotopic (exact) mass is 299 g/mol. The van der Waals surface area contributed by atoms with Crippen LogP contribution in [0.2, 0.25) is 5.02 Å². The molecule has 2 N–H and O–H groups in total. The number of hydrogen-bond acceptors (Lipinski definition) is 2. The van der Waals surface area contributed by atoms with Gasteiger partial charge in [0.05, 0.1) is 11.0 Å². The zero-order chi connectivity index (χ0) is 15.0. The standard InChI is InChI=1S/C17H18ClN3/c1-3-9-21-15-10-12(18)7-8-14(15)20-17(21)13-6-4-5-11(2)16(13)19/h4-8,10H,3,9,19H2,1-2H3. The minimum absolute atomic E-state index is 0.725. The van der Waals surface area contributed by atoms with Gasteiger partial charge >= 0.3 is 0 Å². The smallest absolute Gasteiger partial charge is 0.143 e. The lowest BCUT2D eigenvalue weighted by molar-refractivity contribution is 0.704. The number of nitrogen functional groups attached to an aromatic ring is 1. The average Bonchev–Trinajstić information content (AvgIpc) is 2.81. The molecule has 0 unspecified atom stereocenters. The fourth-order valence-electron chi connectivity index (χ4n) is 2.63. The molecule has 0 amide bonds. The van der Waals surface area contributed by atoms with Gasteiger partial charge in [0.2, 0.25) is 0 Å². The van der Waals surface area contributed by atoms with Crippen LogP contribution in [0.1, 0.15) is 18.9 Å². The summed E-state index contributed by atoms with van der Waals surface area (Å²) >= 11 is 6.14. The van der Waals surface area contributed by atoms with Crippen LogP contribution >= 0.6 is 11.6 Å². The van der Waals surface area contributed by atoms with Gasteiger partial charge in [-0.25, -0.2) is 4.98 Å². The predicted molar refractivity (Wildman–Crippen MR) is 89.6 cm³/mol. The molecule has 4 heteroatoms. The molecule has 0 fully saturated rings. The highest BCUT2D eigenvalue weighted by Crippen LogP contribution is 2.31. The van der Waals surface area contributed by atoms with Gasteiger partial charge in [0.1, 0.15) is 5.82 Å². The highest BCUT2D eigenvalue weighted by Gasteiger charge is 2.15.